The number of hydrogen-bond acceptors (Lipinski definition) is 11. The van der Waals surface area contributed by atoms with Crippen LogP contribution in [0.2, 0.25) is 0 Å². The van der Waals surface area contributed by atoms with Gasteiger partial charge < -0.3 is 20.4 Å². The first-order valence-electron chi connectivity index (χ1n) is 13.2. The molecule has 1 aliphatic heterocycles. The molecule has 1 fully saturated rings. The van der Waals surface area contributed by atoms with Crippen LogP contribution >= 0.6 is 12.2 Å². The molecule has 14 nitrogen and oxygen atoms in total. The minimum atomic E-state index is -1.04. The summed E-state index contributed by atoms with van der Waals surface area (Å²) < 4.78 is 0. The van der Waals surface area contributed by atoms with E-state index >= 15 is 0 Å². The van der Waals surface area contributed by atoms with Gasteiger partial charge in [0.1, 0.15) is 0 Å². The van der Waals surface area contributed by atoms with Crippen LogP contribution in [0.5, 0.6) is 0 Å². The summed E-state index contributed by atoms with van der Waals surface area (Å²) in [5, 5.41) is 40.1. The van der Waals surface area contributed by atoms with Crippen LogP contribution in [0.25, 0.3) is 0 Å². The Bertz CT molecular complexity index is 1040. The Morgan fingerprint density at radius 1 is 0.578 bits per heavy atom. The van der Waals surface area contributed by atoms with Crippen molar-refractivity contribution in [2.75, 3.05) is 91.6 Å². The van der Waals surface area contributed by atoms with Crippen LogP contribution < -0.4 is 29.6 Å². The van der Waals surface area contributed by atoms with Crippen molar-refractivity contribution in [2.45, 2.75) is 6.54 Å². The molecule has 0 amide bonds. The summed E-state index contributed by atoms with van der Waals surface area (Å²) in [6, 6.07) is 7.42. The number of hydrogen-bond donors (Lipinski definition) is 4. The van der Waals surface area contributed by atoms with Gasteiger partial charge in [0.2, 0.25) is 0 Å². The molecule has 0 saturated carbocycles. The van der Waals surface area contributed by atoms with Crippen LogP contribution in [0.3, 0.4) is 0 Å². The number of carboxylic acids is 4. The monoisotopic (exact) mass is 1070 g/mol. The minimum Gasteiger partial charge on any atom is -0.480 e. The average molecular weight is 1070 g/mol. The van der Waals surface area contributed by atoms with Gasteiger partial charge in [-0.25, -0.2) is 0 Å². The summed E-state index contributed by atoms with van der Waals surface area (Å²) in [6.45, 7) is 2.97. The number of carbonyl (C=O) groups is 4. The summed E-state index contributed by atoms with van der Waals surface area (Å²) in [7, 11) is 0. The molecular weight excluding hydrogens is 1030 g/mol. The van der Waals surface area contributed by atoms with E-state index in [0.29, 0.717) is 51.5 Å². The number of aliphatic imine (C=N–C) groups is 1. The van der Waals surface area contributed by atoms with E-state index in [1.54, 1.807) is 19.6 Å². The Kier molecular flexibility index (Phi) is 33.4. The molecule has 4 N–H and O–H groups in total. The van der Waals surface area contributed by atoms with Crippen LogP contribution in [0.4, 0.5) is 5.69 Å². The fourth-order valence-electron chi connectivity index (χ4n) is 4.52. The van der Waals surface area contributed by atoms with Gasteiger partial charge in [0.25, 0.3) is 0 Å². The number of nitrogens with zero attached hydrogens (tertiary/aromatic N) is 6. The van der Waals surface area contributed by atoms with E-state index in [2.05, 4.69) is 27.3 Å². The van der Waals surface area contributed by atoms with Crippen LogP contribution in [0, 0.1) is 121 Å². The Hall–Kier alpha value is 1.71. The average Bonchev–Trinajstić information content (AvgIpc) is 2.89. The Morgan fingerprint density at radius 3 is 1.09 bits per heavy atom. The van der Waals surface area contributed by atoms with Crippen LogP contribution in [0.1, 0.15) is 5.56 Å². The van der Waals surface area contributed by atoms with Gasteiger partial charge in [-0.1, -0.05) is 12.1 Å². The predicted octanol–water partition coefficient (Wildman–Crippen LogP) is -3.21. The van der Waals surface area contributed by atoms with Gasteiger partial charge in [0.05, 0.1) is 37.0 Å². The zero-order valence-electron chi connectivity index (χ0n) is 25.2. The van der Waals surface area contributed by atoms with E-state index in [9.17, 15) is 39.6 Å². The summed E-state index contributed by atoms with van der Waals surface area (Å²) in [5.41, 5.74) is 1.64. The van der Waals surface area contributed by atoms with Crippen molar-refractivity contribution in [3.8, 4) is 0 Å². The second kappa shape index (κ2) is 29.4. The number of isothiocyanates is 1. The van der Waals surface area contributed by atoms with Crippen molar-refractivity contribution in [3.05, 3.63) is 29.8 Å². The quantitative estimate of drug-likeness (QED) is 0.0991. The molecule has 1 aliphatic rings. The van der Waals surface area contributed by atoms with Crippen molar-refractivity contribution in [1.82, 2.24) is 24.5 Å². The molecule has 1 aromatic carbocycles. The predicted molar refractivity (Wildman–Crippen MR) is 153 cm³/mol. The number of thiocarbonyl (C=S) groups is 1. The topological polar surface area (TPSA) is 178 Å². The second-order valence-corrected chi connectivity index (χ2v) is 10.0. The molecule has 1 aromatic rings. The number of carboxylic acid groups (broad SMARTS) is 4. The largest absolute Gasteiger partial charge is 3.00 e. The summed E-state index contributed by atoms with van der Waals surface area (Å²) in [5.74, 6) is -4.10. The fraction of sp³-hybridized carbons (Fsp3) is 0.577. The van der Waals surface area contributed by atoms with Gasteiger partial charge >= 0.3 is 175 Å². The molecule has 1 heterocycles. The molecule has 19 heteroatoms. The van der Waals surface area contributed by atoms with Gasteiger partial charge in [-0.3, -0.25) is 43.7 Å². The molecular formula is C26H38N6NaO8SSm3+10. The Labute approximate surface area is 388 Å². The maximum absolute atomic E-state index is 11.6. The first-order chi connectivity index (χ1) is 19.5. The molecule has 235 valence electrons. The summed E-state index contributed by atoms with van der Waals surface area (Å²) in [4.78, 5) is 59.0. The van der Waals surface area contributed by atoms with Crippen molar-refractivity contribution in [1.29, 1.82) is 0 Å². The normalized spacial score (nSPS) is 16.4. The standard InChI is InChI=1S/C26H38N6O8S.Na.3Sm/c33-23(34)16-29-7-5-28(15-21-1-3-22(4-2-21)27-20-41)6-8-30(17-24(35)36)10-12-32(19-26(39)40)14-13-31(11-9-29)18-25(37)38;;;;/h1-4H,5-19H2,(H,33,34)(H,35,36)(H,37,38)(H,39,40);;;;/q;+1;3*+3. The summed E-state index contributed by atoms with van der Waals surface area (Å²) >= 11 is 4.65. The van der Waals surface area contributed by atoms with E-state index in [0.717, 1.165) is 5.56 Å². The molecule has 2 rings (SSSR count). The van der Waals surface area contributed by atoms with E-state index in [1.807, 2.05) is 24.3 Å². The fourth-order valence-corrected chi connectivity index (χ4v) is 4.62. The molecule has 1 saturated heterocycles. The molecule has 3 radical (unpaired) electrons. The zero-order valence-corrected chi connectivity index (χ0v) is 35.8. The SMILES string of the molecule is O=C(O)CN1CCN(CC(=O)O)CCN(CC(=O)O)CCN(Cc2ccc(N=C=S)cc2)CCN(CC(=O)O)CC1.[Na+].[Sm+3].[Sm+3].[Sm+3]. The van der Waals surface area contributed by atoms with E-state index < -0.39 is 23.9 Å². The molecule has 45 heavy (non-hydrogen) atoms. The number of benzene rings is 1. The van der Waals surface area contributed by atoms with Gasteiger partial charge in [0.15, 0.2) is 0 Å². The first kappa shape index (κ1) is 51.1. The smallest absolute Gasteiger partial charge is 0.480 e. The number of rotatable bonds is 11. The third-order valence-electron chi connectivity index (χ3n) is 6.62. The van der Waals surface area contributed by atoms with Gasteiger partial charge in [-0.2, -0.15) is 4.99 Å². The Morgan fingerprint density at radius 2 is 0.844 bits per heavy atom. The van der Waals surface area contributed by atoms with Gasteiger partial charge in [-0.05, 0) is 29.9 Å². The van der Waals surface area contributed by atoms with Crippen LogP contribution in [-0.4, -0.2) is 166 Å². The van der Waals surface area contributed by atoms with Crippen molar-refractivity contribution in [3.63, 3.8) is 0 Å². The molecule has 0 atom stereocenters. The molecule has 0 spiro atoms. The van der Waals surface area contributed by atoms with Gasteiger partial charge in [0, 0.05) is 72.0 Å². The van der Waals surface area contributed by atoms with Gasteiger partial charge in [-0.15, -0.1) is 0 Å². The summed E-state index contributed by atoms with van der Waals surface area (Å²) in [6.07, 6.45) is 0. The van der Waals surface area contributed by atoms with E-state index in [-0.39, 0.29) is 203 Å². The first-order valence-corrected chi connectivity index (χ1v) is 13.6. The third kappa shape index (κ3) is 24.5. The number of aliphatic carboxylic acids is 4. The van der Waals surface area contributed by atoms with E-state index in [4.69, 9.17) is 0 Å². The van der Waals surface area contributed by atoms with Crippen LogP contribution in [0.15, 0.2) is 29.3 Å². The molecule has 0 aromatic heterocycles. The minimum absolute atomic E-state index is 0. The Balaban J connectivity index is -0.00000441. The van der Waals surface area contributed by atoms with Crippen molar-refractivity contribution in [2.24, 2.45) is 4.99 Å². The molecule has 0 unspecified atom stereocenters. The maximum atomic E-state index is 11.6. The zero-order chi connectivity index (χ0) is 30.2. The van der Waals surface area contributed by atoms with Crippen molar-refractivity contribution < 1.29 is 190 Å². The second-order valence-electron chi connectivity index (χ2n) is 9.83. The molecule has 0 aliphatic carbocycles. The van der Waals surface area contributed by atoms with Crippen LogP contribution in [-0.2, 0) is 25.7 Å². The van der Waals surface area contributed by atoms with Crippen molar-refractivity contribution >= 4 is 46.9 Å². The van der Waals surface area contributed by atoms with E-state index in [1.165, 1.54) is 0 Å². The maximum Gasteiger partial charge on any atom is 3.00 e. The third-order valence-corrected chi connectivity index (χ3v) is 6.71. The molecule has 0 bridgehead atoms.